The van der Waals surface area contributed by atoms with Gasteiger partial charge in [-0.05, 0) is 44.0 Å². The van der Waals surface area contributed by atoms with Crippen LogP contribution in [0, 0.1) is 6.92 Å². The van der Waals surface area contributed by atoms with Gasteiger partial charge in [0.2, 0.25) is 5.91 Å². The highest BCUT2D eigenvalue weighted by molar-refractivity contribution is 5.98. The van der Waals surface area contributed by atoms with Crippen molar-refractivity contribution in [2.24, 2.45) is 0 Å². The summed E-state index contributed by atoms with van der Waals surface area (Å²) in [5.41, 5.74) is 1.44. The molecule has 0 unspecified atom stereocenters. The molecule has 0 aliphatic carbocycles. The number of carbonyl (C=O) groups is 3. The second kappa shape index (κ2) is 9.22. The number of carbonyl (C=O) groups excluding carboxylic acids is 3. The lowest BCUT2D eigenvalue weighted by molar-refractivity contribution is -0.136. The molecular formula is C27H31N3O4. The van der Waals surface area contributed by atoms with Gasteiger partial charge in [0.1, 0.15) is 11.8 Å². The molecule has 0 bridgehead atoms. The summed E-state index contributed by atoms with van der Waals surface area (Å²) in [6, 6.07) is 16.0. The first-order valence-electron chi connectivity index (χ1n) is 12.2. The highest BCUT2D eigenvalue weighted by Crippen LogP contribution is 2.39. The average molecular weight is 462 g/mol. The molecule has 0 N–H and O–H groups in total. The zero-order valence-electron chi connectivity index (χ0n) is 19.6. The molecule has 1 atom stereocenters. The highest BCUT2D eigenvalue weighted by Gasteiger charge is 2.55. The van der Waals surface area contributed by atoms with Crippen LogP contribution >= 0.6 is 0 Å². The number of ether oxygens (including phenoxy) is 1. The SMILES string of the molecule is Cc1ccc(C(=O)N2CCC3(CC2)OC[C@H](C(=O)N2CCCC2)N3C(=O)c2ccccc2)cc1. The molecule has 5 rings (SSSR count). The van der Waals surface area contributed by atoms with E-state index in [1.165, 1.54) is 0 Å². The van der Waals surface area contributed by atoms with E-state index in [1.807, 2.05) is 59.2 Å². The van der Waals surface area contributed by atoms with Crippen LogP contribution in [0.1, 0.15) is 52.0 Å². The molecule has 3 amide bonds. The quantitative estimate of drug-likeness (QED) is 0.704. The summed E-state index contributed by atoms with van der Waals surface area (Å²) in [6.45, 7) is 4.59. The van der Waals surface area contributed by atoms with Crippen LogP contribution in [0.5, 0.6) is 0 Å². The van der Waals surface area contributed by atoms with E-state index in [-0.39, 0.29) is 24.3 Å². The van der Waals surface area contributed by atoms with Crippen LogP contribution in [-0.2, 0) is 9.53 Å². The molecule has 3 fully saturated rings. The lowest BCUT2D eigenvalue weighted by Crippen LogP contribution is -2.60. The Morgan fingerprint density at radius 2 is 1.41 bits per heavy atom. The maximum Gasteiger partial charge on any atom is 0.256 e. The van der Waals surface area contributed by atoms with Gasteiger partial charge in [0.15, 0.2) is 0 Å². The predicted octanol–water partition coefficient (Wildman–Crippen LogP) is 3.09. The number of likely N-dealkylation sites (tertiary alicyclic amines) is 2. The first-order valence-corrected chi connectivity index (χ1v) is 12.2. The minimum absolute atomic E-state index is 0.0153. The third-order valence-electron chi connectivity index (χ3n) is 7.33. The minimum Gasteiger partial charge on any atom is -0.353 e. The summed E-state index contributed by atoms with van der Waals surface area (Å²) in [5.74, 6) is -0.232. The van der Waals surface area contributed by atoms with E-state index >= 15 is 0 Å². The van der Waals surface area contributed by atoms with Gasteiger partial charge in [-0.2, -0.15) is 0 Å². The smallest absolute Gasteiger partial charge is 0.256 e. The Hall–Kier alpha value is -3.19. The first kappa shape index (κ1) is 22.6. The van der Waals surface area contributed by atoms with Gasteiger partial charge in [0, 0.05) is 50.1 Å². The Labute approximate surface area is 200 Å². The minimum atomic E-state index is -0.878. The largest absolute Gasteiger partial charge is 0.353 e. The van der Waals surface area contributed by atoms with Crippen molar-refractivity contribution in [3.8, 4) is 0 Å². The molecule has 2 aromatic carbocycles. The van der Waals surface area contributed by atoms with Crippen LogP contribution in [0.25, 0.3) is 0 Å². The van der Waals surface area contributed by atoms with Crippen molar-refractivity contribution in [3.63, 3.8) is 0 Å². The fourth-order valence-electron chi connectivity index (χ4n) is 5.36. The van der Waals surface area contributed by atoms with Gasteiger partial charge in [0.25, 0.3) is 11.8 Å². The van der Waals surface area contributed by atoms with Crippen molar-refractivity contribution >= 4 is 17.7 Å². The summed E-state index contributed by atoms with van der Waals surface area (Å²) in [4.78, 5) is 45.5. The molecule has 7 nitrogen and oxygen atoms in total. The molecule has 0 radical (unpaired) electrons. The van der Waals surface area contributed by atoms with Crippen LogP contribution in [0.4, 0.5) is 0 Å². The van der Waals surface area contributed by atoms with Gasteiger partial charge in [-0.15, -0.1) is 0 Å². The monoisotopic (exact) mass is 461 g/mol. The van der Waals surface area contributed by atoms with Crippen molar-refractivity contribution in [1.82, 2.24) is 14.7 Å². The first-order chi connectivity index (χ1) is 16.5. The van der Waals surface area contributed by atoms with Crippen molar-refractivity contribution in [1.29, 1.82) is 0 Å². The Morgan fingerprint density at radius 1 is 0.794 bits per heavy atom. The normalized spacial score (nSPS) is 21.8. The van der Waals surface area contributed by atoms with Gasteiger partial charge in [-0.3, -0.25) is 19.3 Å². The van der Waals surface area contributed by atoms with Crippen LogP contribution in [-0.4, -0.2) is 77.0 Å². The highest BCUT2D eigenvalue weighted by atomic mass is 16.5. The zero-order valence-corrected chi connectivity index (χ0v) is 19.6. The number of rotatable bonds is 3. The van der Waals surface area contributed by atoms with Gasteiger partial charge in [0.05, 0.1) is 6.61 Å². The molecule has 0 saturated carbocycles. The summed E-state index contributed by atoms with van der Waals surface area (Å²) in [5, 5.41) is 0. The molecular weight excluding hydrogens is 430 g/mol. The number of amides is 3. The van der Waals surface area contributed by atoms with Gasteiger partial charge < -0.3 is 14.5 Å². The lowest BCUT2D eigenvalue weighted by atomic mass is 9.96. The predicted molar refractivity (Wildman–Crippen MR) is 127 cm³/mol. The summed E-state index contributed by atoms with van der Waals surface area (Å²) in [6.07, 6.45) is 2.94. The van der Waals surface area contributed by atoms with Gasteiger partial charge >= 0.3 is 0 Å². The fraction of sp³-hybridized carbons (Fsp3) is 0.444. The molecule has 0 aromatic heterocycles. The number of piperidine rings is 1. The Morgan fingerprint density at radius 3 is 2.06 bits per heavy atom. The molecule has 3 heterocycles. The third-order valence-corrected chi connectivity index (χ3v) is 7.33. The summed E-state index contributed by atoms with van der Waals surface area (Å²) in [7, 11) is 0. The molecule has 1 spiro atoms. The second-order valence-corrected chi connectivity index (χ2v) is 9.50. The number of benzene rings is 2. The van der Waals surface area contributed by atoms with E-state index in [1.54, 1.807) is 17.0 Å². The molecule has 178 valence electrons. The Balaban J connectivity index is 1.38. The van der Waals surface area contributed by atoms with Crippen LogP contribution in [0.2, 0.25) is 0 Å². The van der Waals surface area contributed by atoms with E-state index in [9.17, 15) is 14.4 Å². The maximum atomic E-state index is 13.7. The summed E-state index contributed by atoms with van der Waals surface area (Å²) < 4.78 is 6.30. The summed E-state index contributed by atoms with van der Waals surface area (Å²) >= 11 is 0. The topological polar surface area (TPSA) is 70.2 Å². The Bertz CT molecular complexity index is 1060. The molecule has 34 heavy (non-hydrogen) atoms. The van der Waals surface area contributed by atoms with E-state index < -0.39 is 11.8 Å². The third kappa shape index (κ3) is 4.09. The fourth-order valence-corrected chi connectivity index (χ4v) is 5.36. The van der Waals surface area contributed by atoms with Gasteiger partial charge in [-0.1, -0.05) is 35.9 Å². The van der Waals surface area contributed by atoms with Crippen LogP contribution < -0.4 is 0 Å². The maximum absolute atomic E-state index is 13.7. The molecule has 3 aliphatic heterocycles. The van der Waals surface area contributed by atoms with Crippen LogP contribution in [0.15, 0.2) is 54.6 Å². The average Bonchev–Trinajstić information content (AvgIpc) is 3.53. The van der Waals surface area contributed by atoms with E-state index in [0.29, 0.717) is 37.1 Å². The van der Waals surface area contributed by atoms with E-state index in [0.717, 1.165) is 31.5 Å². The molecule has 2 aromatic rings. The van der Waals surface area contributed by atoms with E-state index in [2.05, 4.69) is 0 Å². The number of hydrogen-bond acceptors (Lipinski definition) is 4. The molecule has 3 aliphatic rings. The van der Waals surface area contributed by atoms with Gasteiger partial charge in [-0.25, -0.2) is 0 Å². The number of hydrogen-bond donors (Lipinski definition) is 0. The molecule has 7 heteroatoms. The molecule has 3 saturated heterocycles. The number of aryl methyl sites for hydroxylation is 1. The standard InChI is InChI=1S/C27H31N3O4/c1-20-9-11-22(12-10-20)24(31)29-17-13-27(14-18-29)30(25(32)21-7-3-2-4-8-21)23(19-34-27)26(33)28-15-5-6-16-28/h2-4,7-12,23H,5-6,13-19H2,1H3/t23-/m1/s1. The van der Waals surface area contributed by atoms with Crippen molar-refractivity contribution in [3.05, 3.63) is 71.3 Å². The van der Waals surface area contributed by atoms with Crippen molar-refractivity contribution in [2.45, 2.75) is 44.4 Å². The second-order valence-electron chi connectivity index (χ2n) is 9.50. The number of nitrogens with zero attached hydrogens (tertiary/aromatic N) is 3. The Kier molecular flexibility index (Phi) is 6.13. The lowest BCUT2D eigenvalue weighted by Gasteiger charge is -2.44. The zero-order chi connectivity index (χ0) is 23.7. The van der Waals surface area contributed by atoms with E-state index in [4.69, 9.17) is 4.74 Å². The van der Waals surface area contributed by atoms with Crippen LogP contribution in [0.3, 0.4) is 0 Å². The van der Waals surface area contributed by atoms with Crippen molar-refractivity contribution < 1.29 is 19.1 Å². The van der Waals surface area contributed by atoms with Crippen molar-refractivity contribution in [2.75, 3.05) is 32.8 Å².